The molecule has 12 N–H and O–H groups in total. The Kier molecular flexibility index (Phi) is 17.9. The number of nitrogens with one attached hydrogen (secondary N) is 1. The maximum absolute atomic E-state index is 13.6. The summed E-state index contributed by atoms with van der Waals surface area (Å²) in [5, 5.41) is 0.278. The van der Waals surface area contributed by atoms with Gasteiger partial charge in [0.2, 0.25) is 0 Å². The molecular formula is C48H58F3N11O4. The van der Waals surface area contributed by atoms with Gasteiger partial charge < -0.3 is 53.7 Å². The number of primary amides is 2. The first-order valence-electron chi connectivity index (χ1n) is 20.8. The third kappa shape index (κ3) is 13.4. The van der Waals surface area contributed by atoms with E-state index in [1.54, 1.807) is 20.8 Å². The molecule has 8 rings (SSSR count). The van der Waals surface area contributed by atoms with E-state index in [1.807, 2.05) is 36.4 Å². The number of halogens is 3. The summed E-state index contributed by atoms with van der Waals surface area (Å²) < 4.78 is 39.0. The van der Waals surface area contributed by atoms with Gasteiger partial charge in [0, 0.05) is 86.2 Å². The second kappa shape index (κ2) is 23.1. The van der Waals surface area contributed by atoms with Crippen LogP contribution in [0.2, 0.25) is 0 Å². The van der Waals surface area contributed by atoms with Gasteiger partial charge in [-0.15, -0.1) is 0 Å². The number of H-pyrrole nitrogens is 1. The molecule has 1 aromatic heterocycles. The Morgan fingerprint density at radius 1 is 0.621 bits per heavy atom. The summed E-state index contributed by atoms with van der Waals surface area (Å²) in [6.07, 6.45) is 0.883. The van der Waals surface area contributed by atoms with Crippen LogP contribution in [0.25, 0.3) is 22.3 Å². The maximum atomic E-state index is 13.6. The Bertz CT molecular complexity index is 2630. The van der Waals surface area contributed by atoms with Gasteiger partial charge in [-0.3, -0.25) is 19.2 Å². The van der Waals surface area contributed by atoms with Crippen molar-refractivity contribution >= 4 is 51.8 Å². The van der Waals surface area contributed by atoms with E-state index in [0.29, 0.717) is 28.0 Å². The lowest BCUT2D eigenvalue weighted by Gasteiger charge is -2.34. The van der Waals surface area contributed by atoms with Crippen LogP contribution in [-0.2, 0) is 0 Å². The van der Waals surface area contributed by atoms with E-state index in [4.69, 9.17) is 22.9 Å². The van der Waals surface area contributed by atoms with Gasteiger partial charge >= 0.3 is 0 Å². The number of aromatic amines is 1. The van der Waals surface area contributed by atoms with Gasteiger partial charge in [-0.05, 0) is 136 Å². The molecule has 3 heterocycles. The van der Waals surface area contributed by atoms with E-state index in [1.165, 1.54) is 35.6 Å². The van der Waals surface area contributed by atoms with Crippen LogP contribution in [0.5, 0.6) is 0 Å². The summed E-state index contributed by atoms with van der Waals surface area (Å²) in [6.45, 7) is 13.5. The van der Waals surface area contributed by atoms with Crippen LogP contribution in [0, 0.1) is 38.2 Å². The topological polar surface area (TPSA) is 249 Å². The molecule has 2 aliphatic rings. The van der Waals surface area contributed by atoms with Gasteiger partial charge in [0.05, 0.1) is 22.0 Å². The van der Waals surface area contributed by atoms with Gasteiger partial charge in [-0.1, -0.05) is 0 Å². The van der Waals surface area contributed by atoms with E-state index in [2.05, 4.69) is 55.8 Å². The lowest BCUT2D eigenvalue weighted by Crippen LogP contribution is -2.44. The van der Waals surface area contributed by atoms with Crippen molar-refractivity contribution in [3.63, 3.8) is 0 Å². The first-order chi connectivity index (χ1) is 30.8. The van der Waals surface area contributed by atoms with Gasteiger partial charge in [-0.25, -0.2) is 18.2 Å². The Hall–Kier alpha value is -7.28. The molecule has 0 atom stereocenters. The molecule has 0 bridgehead atoms. The number of hydrogen-bond acceptors (Lipinski definition) is 12. The zero-order valence-electron chi connectivity index (χ0n) is 37.8. The summed E-state index contributed by atoms with van der Waals surface area (Å²) in [5.74, 6) is -2.36. The van der Waals surface area contributed by atoms with Crippen LogP contribution < -0.4 is 44.4 Å². The molecule has 2 aliphatic heterocycles. The molecule has 2 fully saturated rings. The van der Waals surface area contributed by atoms with Crippen molar-refractivity contribution in [2.45, 2.75) is 20.8 Å². The van der Waals surface area contributed by atoms with Crippen molar-refractivity contribution in [1.29, 1.82) is 0 Å². The van der Waals surface area contributed by atoms with Crippen LogP contribution >= 0.6 is 0 Å². The normalized spacial score (nSPS) is 13.8. The van der Waals surface area contributed by atoms with Gasteiger partial charge in [0.25, 0.3) is 17.4 Å². The van der Waals surface area contributed by atoms with Crippen LogP contribution in [0.4, 0.5) is 35.9 Å². The molecule has 15 nitrogen and oxygen atoms in total. The highest BCUT2D eigenvalue weighted by Crippen LogP contribution is 2.24. The molecular weight excluding hydrogens is 852 g/mol. The number of carbonyl (C=O) groups excluding carboxylic acids is 3. The third-order valence-corrected chi connectivity index (χ3v) is 11.1. The van der Waals surface area contributed by atoms with Crippen LogP contribution in [0.3, 0.4) is 0 Å². The highest BCUT2D eigenvalue weighted by molar-refractivity contribution is 5.99. The minimum absolute atomic E-state index is 0. The molecule has 5 aromatic carbocycles. The number of piperazine rings is 2. The molecule has 0 radical (unpaired) electrons. The van der Waals surface area contributed by atoms with Crippen molar-refractivity contribution in [3.8, 4) is 11.4 Å². The number of anilines is 4. The fraction of sp³-hybridized carbons (Fsp3) is 0.271. The van der Waals surface area contributed by atoms with Crippen molar-refractivity contribution < 1.29 is 27.6 Å². The third-order valence-electron chi connectivity index (χ3n) is 11.1. The minimum Gasteiger partial charge on any atom is -0.398 e. The number of fused-ring (bicyclic) bond motifs is 1. The molecule has 0 unspecified atom stereocenters. The number of likely N-dealkylation sites (N-methyl/N-ethyl adjacent to an activating group) is 2. The van der Waals surface area contributed by atoms with Crippen LogP contribution in [0.15, 0.2) is 89.7 Å². The number of aromatic nitrogens is 2. The number of benzene rings is 5. The summed E-state index contributed by atoms with van der Waals surface area (Å²) in [4.78, 5) is 61.0. The van der Waals surface area contributed by atoms with E-state index in [-0.39, 0.29) is 39.6 Å². The Balaban J connectivity index is 0.000000205. The first-order valence-corrected chi connectivity index (χ1v) is 20.8. The van der Waals surface area contributed by atoms with E-state index in [9.17, 15) is 32.3 Å². The van der Waals surface area contributed by atoms with Crippen molar-refractivity contribution in [1.82, 2.24) is 25.9 Å². The number of nitrogen functional groups attached to an aromatic ring is 2. The fourth-order valence-corrected chi connectivity index (χ4v) is 7.15. The number of nitrogens with zero attached hydrogens (tertiary/aromatic N) is 5. The highest BCUT2D eigenvalue weighted by atomic mass is 19.1. The van der Waals surface area contributed by atoms with E-state index < -0.39 is 29.3 Å². The average molecular weight is 910 g/mol. The minimum atomic E-state index is -0.713. The molecule has 0 aliphatic carbocycles. The van der Waals surface area contributed by atoms with Crippen LogP contribution in [0.1, 0.15) is 47.8 Å². The Morgan fingerprint density at radius 2 is 1.02 bits per heavy atom. The second-order valence-corrected chi connectivity index (χ2v) is 16.0. The monoisotopic (exact) mass is 909 g/mol. The smallest absolute Gasteiger partial charge is 0.259 e. The molecule has 2 saturated heterocycles. The van der Waals surface area contributed by atoms with Crippen molar-refractivity contribution in [2.75, 3.05) is 87.7 Å². The number of carbonyl (C=O) groups is 3. The molecule has 18 heteroatoms. The molecule has 0 spiro atoms. The number of nitrogens with two attached hydrogens (primary N) is 4. The standard InChI is InChI=1S/C20H21FN4O.C12H16N2O.2C8H9FN2O.H3N/c1-13-11-15(21)12-17-18(13)22-19(23-20(17)26)14-3-5-16(6-4-14)25-9-7-24(2)8-10-25;1-13-6-8-14(9-7-13)12-4-2-11(10-15)3-5-12;2*1-4-2-5(9)3-6(7(4)10)8(11)12;/h3-6,11-12H,7-10H2,1-2H3,(H,22,23,26);2-5,10H,6-9H2,1H3;2*2-3H,10H2,1H3,(H2,11,12);1H3. The molecule has 66 heavy (non-hydrogen) atoms. The van der Waals surface area contributed by atoms with E-state index >= 15 is 0 Å². The van der Waals surface area contributed by atoms with E-state index in [0.717, 1.165) is 81.9 Å². The average Bonchev–Trinajstić information content (AvgIpc) is 3.27. The summed E-state index contributed by atoms with van der Waals surface area (Å²) in [7, 11) is 4.28. The summed E-state index contributed by atoms with van der Waals surface area (Å²) in [6, 6.07) is 23.0. The lowest BCUT2D eigenvalue weighted by molar-refractivity contribution is 0.0992. The van der Waals surface area contributed by atoms with Crippen LogP contribution in [-0.4, -0.2) is 104 Å². The quantitative estimate of drug-likeness (QED) is 0.0853. The van der Waals surface area contributed by atoms with Gasteiger partial charge in [-0.2, -0.15) is 0 Å². The van der Waals surface area contributed by atoms with Crippen molar-refractivity contribution in [3.05, 3.63) is 146 Å². The second-order valence-electron chi connectivity index (χ2n) is 16.0. The largest absolute Gasteiger partial charge is 0.398 e. The number of amides is 2. The molecule has 6 aromatic rings. The summed E-state index contributed by atoms with van der Waals surface area (Å²) >= 11 is 0. The fourth-order valence-electron chi connectivity index (χ4n) is 7.15. The zero-order valence-corrected chi connectivity index (χ0v) is 37.8. The molecule has 0 saturated carbocycles. The SMILES string of the molecule is CN1CCN(c2ccc(C=O)cc2)CC1.Cc1cc(F)cc(C(N)=O)c1N.Cc1cc(F)cc(C(N)=O)c1N.Cc1cc(F)cc2c(=O)[nH]c(-c3ccc(N4CCN(C)CC4)cc3)nc12.N. The lowest BCUT2D eigenvalue weighted by atomic mass is 10.1. The number of aryl methyl sites for hydroxylation is 3. The number of rotatable bonds is 6. The van der Waals surface area contributed by atoms with Gasteiger partial charge in [0.15, 0.2) is 0 Å². The Labute approximate surface area is 381 Å². The maximum Gasteiger partial charge on any atom is 0.259 e. The highest BCUT2D eigenvalue weighted by Gasteiger charge is 2.17. The zero-order chi connectivity index (χ0) is 47.5. The number of hydrogen-bond donors (Lipinski definition) is 6. The predicted molar refractivity (Wildman–Crippen MR) is 257 cm³/mol. The number of aldehydes is 1. The molecule has 350 valence electrons. The molecule has 2 amide bonds. The van der Waals surface area contributed by atoms with Gasteiger partial charge in [0.1, 0.15) is 29.6 Å². The summed E-state index contributed by atoms with van der Waals surface area (Å²) in [5.41, 5.74) is 27.3. The Morgan fingerprint density at radius 3 is 1.42 bits per heavy atom. The van der Waals surface area contributed by atoms with Crippen molar-refractivity contribution in [2.24, 2.45) is 11.5 Å². The first kappa shape index (κ1) is 51.4. The predicted octanol–water partition coefficient (Wildman–Crippen LogP) is 5.83.